The van der Waals surface area contributed by atoms with Gasteiger partial charge in [-0.1, -0.05) is 81.7 Å². The fraction of sp³-hybridized carbons (Fsp3) is 0.588. The van der Waals surface area contributed by atoms with E-state index in [0.29, 0.717) is 71.7 Å². The van der Waals surface area contributed by atoms with Gasteiger partial charge in [0.05, 0.1) is 37.9 Å². The van der Waals surface area contributed by atoms with Gasteiger partial charge < -0.3 is 41.4 Å². The minimum Gasteiger partial charge on any atom is -1.00 e. The Labute approximate surface area is 371 Å². The first-order valence-electron chi connectivity index (χ1n) is 22.6. The molecule has 0 unspecified atom stereocenters. The number of unbranched alkanes of at least 4 members (excludes halogenated alkanes) is 5. The second-order valence-electron chi connectivity index (χ2n) is 17.8. The van der Waals surface area contributed by atoms with Gasteiger partial charge in [-0.2, -0.15) is 0 Å². The first kappa shape index (κ1) is 49.0. The van der Waals surface area contributed by atoms with E-state index < -0.39 is 5.60 Å². The summed E-state index contributed by atoms with van der Waals surface area (Å²) in [4.78, 5) is 37.1. The molecule has 6 rings (SSSR count). The van der Waals surface area contributed by atoms with Crippen LogP contribution in [0.2, 0.25) is 0 Å². The van der Waals surface area contributed by atoms with Gasteiger partial charge in [-0.25, -0.2) is 4.79 Å². The van der Waals surface area contributed by atoms with Crippen LogP contribution in [0, 0.1) is 41.4 Å². The van der Waals surface area contributed by atoms with E-state index in [4.69, 9.17) is 15.9 Å². The van der Waals surface area contributed by atoms with Crippen molar-refractivity contribution in [3.63, 3.8) is 0 Å². The summed E-state index contributed by atoms with van der Waals surface area (Å²) in [7, 11) is 2.16. The van der Waals surface area contributed by atoms with Gasteiger partial charge in [-0.05, 0) is 131 Å². The second-order valence-corrected chi connectivity index (χ2v) is 17.8. The molecule has 9 heteroatoms. The minimum atomic E-state index is -0.973. The number of quaternary nitrogens is 1. The summed E-state index contributed by atoms with van der Waals surface area (Å²) >= 11 is 0. The molecule has 60 heavy (non-hydrogen) atoms. The van der Waals surface area contributed by atoms with Crippen molar-refractivity contribution >= 4 is 23.3 Å². The van der Waals surface area contributed by atoms with Crippen molar-refractivity contribution in [1.82, 2.24) is 0 Å². The number of carbonyl (C=O) groups excluding carboxylic acids is 3. The zero-order chi connectivity index (χ0) is 42.6. The van der Waals surface area contributed by atoms with Crippen LogP contribution >= 0.6 is 0 Å². The van der Waals surface area contributed by atoms with E-state index >= 15 is 0 Å². The number of likely N-dealkylation sites (N-methyl/N-ethyl adjacent to an activating group) is 1. The number of terminal acetylenes is 1. The van der Waals surface area contributed by atoms with E-state index in [0.717, 1.165) is 81.9 Å². The van der Waals surface area contributed by atoms with E-state index in [9.17, 15) is 19.5 Å². The van der Waals surface area contributed by atoms with Crippen LogP contribution in [0.1, 0.15) is 138 Å². The highest BCUT2D eigenvalue weighted by Crippen LogP contribution is 2.67. The summed E-state index contributed by atoms with van der Waals surface area (Å²) in [5.74, 6) is 5.12. The van der Waals surface area contributed by atoms with Gasteiger partial charge in [0.2, 0.25) is 0 Å². The maximum Gasteiger partial charge on any atom is 0.338 e. The van der Waals surface area contributed by atoms with Crippen LogP contribution in [0.4, 0.5) is 5.69 Å². The molecule has 328 valence electrons. The van der Waals surface area contributed by atoms with Crippen molar-refractivity contribution in [3.05, 3.63) is 83.5 Å². The number of carbonyl (C=O) groups is 3. The topological polar surface area (TPSA) is 102 Å². The third-order valence-electron chi connectivity index (χ3n) is 14.6. The molecule has 1 amide bonds. The zero-order valence-corrected chi connectivity index (χ0v) is 38.6. The first-order chi connectivity index (χ1) is 28.4. The van der Waals surface area contributed by atoms with E-state index in [1.165, 1.54) is 36.8 Å². The largest absolute Gasteiger partial charge is 1.00 e. The molecule has 8 nitrogen and oxygen atoms in total. The summed E-state index contributed by atoms with van der Waals surface area (Å²) < 4.78 is 12.2. The van der Waals surface area contributed by atoms with Gasteiger partial charge in [0.1, 0.15) is 24.5 Å². The second kappa shape index (κ2) is 22.4. The van der Waals surface area contributed by atoms with Crippen molar-refractivity contribution in [2.24, 2.45) is 29.1 Å². The molecule has 2 N–H and O–H groups in total. The molecule has 0 heterocycles. The number of ether oxygens (including phenoxy) is 2. The zero-order valence-electron chi connectivity index (χ0n) is 37.0. The number of fused-ring (bicyclic) bond motifs is 5. The lowest BCUT2D eigenvalue weighted by molar-refractivity contribution is -0.906. The smallest absolute Gasteiger partial charge is 0.338 e. The highest BCUT2D eigenvalue weighted by atomic mass is 79.9. The Hall–Kier alpha value is -3.71. The number of nitrogens with zero attached hydrogens (tertiary/aromatic N) is 1. The highest BCUT2D eigenvalue weighted by Gasteiger charge is 2.64. The van der Waals surface area contributed by atoms with Crippen molar-refractivity contribution in [2.75, 3.05) is 45.2 Å². The van der Waals surface area contributed by atoms with Crippen molar-refractivity contribution in [1.29, 1.82) is 0 Å². The van der Waals surface area contributed by atoms with E-state index in [2.05, 4.69) is 52.6 Å². The lowest BCUT2D eigenvalue weighted by Crippen LogP contribution is -3.00. The van der Waals surface area contributed by atoms with Crippen molar-refractivity contribution in [3.8, 4) is 18.1 Å². The van der Waals surface area contributed by atoms with E-state index in [1.54, 1.807) is 30.3 Å². The molecule has 0 saturated heterocycles. The molecule has 2 aromatic rings. The molecule has 6 atom stereocenters. The number of hydrogen-bond acceptors (Lipinski definition) is 6. The number of benzene rings is 2. The number of nitrogens with one attached hydrogen (secondary N) is 1. The number of ketones is 1. The highest BCUT2D eigenvalue weighted by molar-refractivity contribution is 6.06. The number of halogens is 1. The summed E-state index contributed by atoms with van der Waals surface area (Å²) in [5.41, 5.74) is 3.05. The maximum atomic E-state index is 12.9. The Balaban J connectivity index is 0.000000276. The van der Waals surface area contributed by atoms with Crippen LogP contribution < -0.4 is 27.0 Å². The normalized spacial score (nSPS) is 25.4. The average molecular weight is 888 g/mol. The third kappa shape index (κ3) is 11.2. The van der Waals surface area contributed by atoms with E-state index in [-0.39, 0.29) is 34.3 Å². The van der Waals surface area contributed by atoms with E-state index in [1.807, 2.05) is 24.3 Å². The summed E-state index contributed by atoms with van der Waals surface area (Å²) in [6, 6.07) is 14.1. The van der Waals surface area contributed by atoms with Crippen LogP contribution in [0.5, 0.6) is 5.75 Å². The number of amides is 1. The molecule has 3 fully saturated rings. The molecular formula is C51H71BrN2O6. The Bertz CT molecular complexity index is 1850. The molecular weight excluding hydrogens is 816 g/mol. The molecule has 3 saturated carbocycles. The minimum absolute atomic E-state index is 0. The lowest BCUT2D eigenvalue weighted by Gasteiger charge is -2.56. The predicted molar refractivity (Wildman–Crippen MR) is 237 cm³/mol. The molecule has 0 aliphatic heterocycles. The number of allylic oxidation sites excluding steroid dienone is 2. The maximum absolute atomic E-state index is 12.9. The summed E-state index contributed by atoms with van der Waals surface area (Å²) in [6.45, 7) is 16.9. The van der Waals surface area contributed by atoms with Gasteiger partial charge in [0.25, 0.3) is 5.91 Å². The lowest BCUT2D eigenvalue weighted by atomic mass is 9.48. The molecule has 4 aliphatic rings. The van der Waals surface area contributed by atoms with Gasteiger partial charge in [0.15, 0.2) is 5.78 Å². The van der Waals surface area contributed by atoms with Crippen LogP contribution in [0.15, 0.2) is 72.3 Å². The molecule has 0 spiro atoms. The average Bonchev–Trinajstić information content (AvgIpc) is 3.55. The quantitative estimate of drug-likeness (QED) is 0.0566. The van der Waals surface area contributed by atoms with Crippen LogP contribution in [-0.4, -0.2) is 72.7 Å². The summed E-state index contributed by atoms with van der Waals surface area (Å²) in [6.07, 6.45) is 22.2. The molecule has 0 aromatic heterocycles. The Morgan fingerprint density at radius 2 is 1.65 bits per heavy atom. The third-order valence-corrected chi connectivity index (χ3v) is 14.6. The molecule has 2 aromatic carbocycles. The van der Waals surface area contributed by atoms with Crippen molar-refractivity contribution in [2.45, 2.75) is 123 Å². The fourth-order valence-electron chi connectivity index (χ4n) is 10.6. The van der Waals surface area contributed by atoms with Crippen LogP contribution in [0.25, 0.3) is 0 Å². The molecule has 0 radical (unpaired) electrons. The number of anilines is 1. The SMILES string of the molecule is C#C[C@]1(O)CC[C@H]2[C@@H]3CCC4=CC(=O)CC[C@@H]4[C@H]3C(=C)C[C@@]21CC.CCCCCCCCOc1ccccc1C(=O)Nc1ccc(C(=O)OCC[N+](C)(CC)CC)cc1.[Br-]. The van der Waals surface area contributed by atoms with Gasteiger partial charge in [-0.15, -0.1) is 6.42 Å². The number of para-hydroxylation sites is 1. The van der Waals surface area contributed by atoms with Gasteiger partial charge in [0, 0.05) is 17.5 Å². The fourth-order valence-corrected chi connectivity index (χ4v) is 10.6. The monoisotopic (exact) mass is 886 g/mol. The number of aliphatic hydroxyl groups is 1. The standard InChI is InChI=1S/C29H42N2O4.C22H28O2.BrH/c1-5-8-9-10-11-14-22-34-27-16-13-12-15-26(27)28(32)30-25-19-17-24(18-20-25)29(33)35-23-21-31(4,6-2)7-3;1-4-21-13-14(3)20-17-9-7-16(23)12-15(17)6-8-18(20)19(21)10-11-22(21,24)5-2;/h12-13,15-20H,5-11,14,21-23H2,1-4H3;2,12,17-20,24H,3-4,6-11,13H2,1H3;1H/t;17-,18-,19-,20+,21-,22-;/m.0./s1. The Kier molecular flexibility index (Phi) is 18.3. The predicted octanol–water partition coefficient (Wildman–Crippen LogP) is 7.37. The number of rotatable bonds is 17. The Morgan fingerprint density at radius 1 is 0.950 bits per heavy atom. The molecule has 4 aliphatic carbocycles. The Morgan fingerprint density at radius 3 is 2.33 bits per heavy atom. The van der Waals surface area contributed by atoms with Crippen molar-refractivity contribution < 1.29 is 50.4 Å². The summed E-state index contributed by atoms with van der Waals surface area (Å²) in [5, 5.41) is 14.1. The number of hydrogen-bond donors (Lipinski definition) is 2. The number of esters is 1. The first-order valence-corrected chi connectivity index (χ1v) is 22.6. The van der Waals surface area contributed by atoms with Crippen LogP contribution in [0.3, 0.4) is 0 Å². The molecule has 0 bridgehead atoms. The van der Waals surface area contributed by atoms with Gasteiger partial charge in [-0.3, -0.25) is 9.59 Å². The van der Waals surface area contributed by atoms with Crippen LogP contribution in [-0.2, 0) is 9.53 Å². The van der Waals surface area contributed by atoms with Gasteiger partial charge >= 0.3 is 5.97 Å².